The number of H-pyrrole nitrogens is 1. The molecular formula is C19H19FN4O3. The molecule has 0 radical (unpaired) electrons. The van der Waals surface area contributed by atoms with Crippen molar-refractivity contribution in [2.45, 2.75) is 19.6 Å². The summed E-state index contributed by atoms with van der Waals surface area (Å²) in [5.74, 6) is 0.0607. The van der Waals surface area contributed by atoms with E-state index >= 15 is 0 Å². The zero-order chi connectivity index (χ0) is 18.8. The molecule has 1 atom stereocenters. The maximum Gasteiger partial charge on any atom is 0.410 e. The Bertz CT molecular complexity index is 957. The van der Waals surface area contributed by atoms with Crippen molar-refractivity contribution in [1.29, 1.82) is 0 Å². The van der Waals surface area contributed by atoms with Crippen molar-refractivity contribution in [2.24, 2.45) is 0 Å². The topological polar surface area (TPSA) is 80.3 Å². The number of aryl methyl sites for hydroxylation is 1. The van der Waals surface area contributed by atoms with Crippen molar-refractivity contribution in [1.82, 2.24) is 19.9 Å². The Balaban J connectivity index is 1.40. The Labute approximate surface area is 155 Å². The molecule has 1 amide bonds. The minimum Gasteiger partial charge on any atom is -0.445 e. The largest absolute Gasteiger partial charge is 0.445 e. The van der Waals surface area contributed by atoms with Crippen molar-refractivity contribution in [2.75, 3.05) is 19.7 Å². The lowest BCUT2D eigenvalue weighted by molar-refractivity contribution is -0.0330. The number of aromatic nitrogens is 3. The molecule has 1 aromatic carbocycles. The maximum atomic E-state index is 13.3. The molecule has 1 unspecified atom stereocenters. The number of pyridine rings is 1. The number of halogens is 1. The Morgan fingerprint density at radius 1 is 1.41 bits per heavy atom. The normalized spacial score (nSPS) is 17.3. The Morgan fingerprint density at radius 3 is 3.04 bits per heavy atom. The Kier molecular flexibility index (Phi) is 4.72. The second kappa shape index (κ2) is 7.32. The van der Waals surface area contributed by atoms with Gasteiger partial charge in [0.25, 0.3) is 0 Å². The molecule has 140 valence electrons. The van der Waals surface area contributed by atoms with Crippen molar-refractivity contribution in [3.8, 4) is 0 Å². The lowest BCUT2D eigenvalue weighted by Gasteiger charge is -2.31. The van der Waals surface area contributed by atoms with Crippen LogP contribution in [0.3, 0.4) is 0 Å². The summed E-state index contributed by atoms with van der Waals surface area (Å²) < 4.78 is 24.4. The summed E-state index contributed by atoms with van der Waals surface area (Å²) in [7, 11) is 0. The van der Waals surface area contributed by atoms with E-state index in [0.29, 0.717) is 36.7 Å². The van der Waals surface area contributed by atoms with E-state index in [1.165, 1.54) is 6.07 Å². The van der Waals surface area contributed by atoms with Crippen LogP contribution in [0.4, 0.5) is 9.18 Å². The minimum atomic E-state index is -0.452. The number of carbonyl (C=O) groups excluding carboxylic acids is 1. The summed E-state index contributed by atoms with van der Waals surface area (Å²) in [6, 6.07) is 9.13. The predicted molar refractivity (Wildman–Crippen MR) is 95.5 cm³/mol. The molecule has 7 nitrogen and oxygen atoms in total. The van der Waals surface area contributed by atoms with Gasteiger partial charge in [-0.15, -0.1) is 0 Å². The quantitative estimate of drug-likeness (QED) is 0.766. The average molecular weight is 370 g/mol. The van der Waals surface area contributed by atoms with Crippen LogP contribution in [-0.4, -0.2) is 45.6 Å². The molecule has 4 rings (SSSR count). The van der Waals surface area contributed by atoms with Crippen molar-refractivity contribution in [3.63, 3.8) is 0 Å². The molecule has 0 aliphatic carbocycles. The standard InChI is InChI=1S/C19H19FN4O3/c1-12-2-4-13(5-3-12)11-27-19(25)24-6-7-26-16(10-24)18-22-15-8-14(20)9-21-17(15)23-18/h2-5,8-9,16H,6-7,10-11H2,1H3,(H,21,22,23). The molecule has 0 spiro atoms. The van der Waals surface area contributed by atoms with Crippen LogP contribution in [0, 0.1) is 12.7 Å². The van der Waals surface area contributed by atoms with E-state index < -0.39 is 18.0 Å². The van der Waals surface area contributed by atoms with Gasteiger partial charge in [0.2, 0.25) is 0 Å². The first kappa shape index (κ1) is 17.4. The zero-order valence-electron chi connectivity index (χ0n) is 14.8. The van der Waals surface area contributed by atoms with Crippen molar-refractivity contribution < 1.29 is 18.7 Å². The summed E-state index contributed by atoms with van der Waals surface area (Å²) in [4.78, 5) is 25.3. The number of aromatic amines is 1. The van der Waals surface area contributed by atoms with E-state index in [-0.39, 0.29) is 6.61 Å². The third kappa shape index (κ3) is 3.90. The van der Waals surface area contributed by atoms with E-state index in [1.807, 2.05) is 31.2 Å². The van der Waals surface area contributed by atoms with Crippen LogP contribution in [0.2, 0.25) is 0 Å². The number of ether oxygens (including phenoxy) is 2. The van der Waals surface area contributed by atoms with E-state index in [9.17, 15) is 9.18 Å². The second-order valence-electron chi connectivity index (χ2n) is 6.49. The smallest absolute Gasteiger partial charge is 0.410 e. The first-order valence-corrected chi connectivity index (χ1v) is 8.68. The molecule has 0 saturated carbocycles. The summed E-state index contributed by atoms with van der Waals surface area (Å²) >= 11 is 0. The molecule has 1 saturated heterocycles. The molecule has 2 aromatic heterocycles. The van der Waals surface area contributed by atoms with Crippen LogP contribution in [0.1, 0.15) is 23.1 Å². The van der Waals surface area contributed by atoms with Crippen LogP contribution in [0.5, 0.6) is 0 Å². The van der Waals surface area contributed by atoms with Gasteiger partial charge in [0.1, 0.15) is 29.9 Å². The van der Waals surface area contributed by atoms with E-state index in [4.69, 9.17) is 9.47 Å². The second-order valence-corrected chi connectivity index (χ2v) is 6.49. The first-order chi connectivity index (χ1) is 13.1. The number of benzene rings is 1. The van der Waals surface area contributed by atoms with Gasteiger partial charge in [-0.05, 0) is 12.5 Å². The summed E-state index contributed by atoms with van der Waals surface area (Å²) in [5.41, 5.74) is 2.99. The lowest BCUT2D eigenvalue weighted by atomic mass is 10.2. The number of morpholine rings is 1. The molecule has 0 bridgehead atoms. The van der Waals surface area contributed by atoms with Gasteiger partial charge in [0.05, 0.1) is 19.3 Å². The van der Waals surface area contributed by atoms with Crippen LogP contribution in [-0.2, 0) is 16.1 Å². The molecular weight excluding hydrogens is 351 g/mol. The first-order valence-electron chi connectivity index (χ1n) is 8.68. The van der Waals surface area contributed by atoms with Crippen LogP contribution in [0.15, 0.2) is 36.5 Å². The summed E-state index contributed by atoms with van der Waals surface area (Å²) in [5, 5.41) is 0. The van der Waals surface area contributed by atoms with Gasteiger partial charge in [0.15, 0.2) is 5.65 Å². The van der Waals surface area contributed by atoms with Gasteiger partial charge < -0.3 is 19.4 Å². The van der Waals surface area contributed by atoms with E-state index in [0.717, 1.165) is 17.3 Å². The number of hydrogen-bond acceptors (Lipinski definition) is 5. The maximum absolute atomic E-state index is 13.3. The molecule has 1 N–H and O–H groups in total. The zero-order valence-corrected chi connectivity index (χ0v) is 14.8. The fraction of sp³-hybridized carbons (Fsp3) is 0.316. The fourth-order valence-corrected chi connectivity index (χ4v) is 2.94. The SMILES string of the molecule is Cc1ccc(COC(=O)N2CCOC(c3nc4cc(F)cnc4[nH]3)C2)cc1. The number of amides is 1. The number of imidazole rings is 1. The number of nitrogens with zero attached hydrogens (tertiary/aromatic N) is 3. The van der Waals surface area contributed by atoms with Crippen LogP contribution in [0.25, 0.3) is 11.2 Å². The number of nitrogens with one attached hydrogen (secondary N) is 1. The number of rotatable bonds is 3. The minimum absolute atomic E-state index is 0.217. The van der Waals surface area contributed by atoms with Crippen molar-refractivity contribution in [3.05, 3.63) is 59.3 Å². The molecule has 27 heavy (non-hydrogen) atoms. The van der Waals surface area contributed by atoms with Gasteiger partial charge in [-0.1, -0.05) is 29.8 Å². The highest BCUT2D eigenvalue weighted by Gasteiger charge is 2.28. The lowest BCUT2D eigenvalue weighted by Crippen LogP contribution is -2.42. The third-order valence-electron chi connectivity index (χ3n) is 4.43. The third-order valence-corrected chi connectivity index (χ3v) is 4.43. The van der Waals surface area contributed by atoms with E-state index in [1.54, 1.807) is 4.90 Å². The summed E-state index contributed by atoms with van der Waals surface area (Å²) in [6.45, 7) is 3.33. The highest BCUT2D eigenvalue weighted by Crippen LogP contribution is 2.23. The molecule has 3 heterocycles. The van der Waals surface area contributed by atoms with Crippen LogP contribution >= 0.6 is 0 Å². The molecule has 1 aliphatic rings. The number of carbonyl (C=O) groups is 1. The number of fused-ring (bicyclic) bond motifs is 1. The molecule has 1 fully saturated rings. The number of hydrogen-bond donors (Lipinski definition) is 1. The van der Waals surface area contributed by atoms with Crippen molar-refractivity contribution >= 4 is 17.3 Å². The molecule has 3 aromatic rings. The molecule has 8 heteroatoms. The van der Waals surface area contributed by atoms with Crippen LogP contribution < -0.4 is 0 Å². The monoisotopic (exact) mass is 370 g/mol. The van der Waals surface area contributed by atoms with Gasteiger partial charge >= 0.3 is 6.09 Å². The Morgan fingerprint density at radius 2 is 2.22 bits per heavy atom. The van der Waals surface area contributed by atoms with Gasteiger partial charge in [0, 0.05) is 12.6 Å². The highest BCUT2D eigenvalue weighted by molar-refractivity contribution is 5.70. The molecule has 1 aliphatic heterocycles. The average Bonchev–Trinajstić information content (AvgIpc) is 3.10. The highest BCUT2D eigenvalue weighted by atomic mass is 19.1. The summed E-state index contributed by atoms with van der Waals surface area (Å²) in [6.07, 6.45) is 0.285. The fourth-order valence-electron chi connectivity index (χ4n) is 2.94. The van der Waals surface area contributed by atoms with E-state index in [2.05, 4.69) is 15.0 Å². The Hall–Kier alpha value is -3.00. The van der Waals surface area contributed by atoms with Gasteiger partial charge in [-0.3, -0.25) is 0 Å². The predicted octanol–water partition coefficient (Wildman–Crippen LogP) is 3.12. The van der Waals surface area contributed by atoms with Gasteiger partial charge in [-0.2, -0.15) is 0 Å². The van der Waals surface area contributed by atoms with Gasteiger partial charge in [-0.25, -0.2) is 19.2 Å².